The van der Waals surface area contributed by atoms with Gasteiger partial charge in [0.2, 0.25) is 5.88 Å². The molecule has 30 heavy (non-hydrogen) atoms. The van der Waals surface area contributed by atoms with Crippen LogP contribution in [-0.2, 0) is 13.2 Å². The Hall–Kier alpha value is -3.31. The van der Waals surface area contributed by atoms with Gasteiger partial charge in [-0.05, 0) is 37.6 Å². The van der Waals surface area contributed by atoms with Gasteiger partial charge in [0.25, 0.3) is 0 Å². The number of aliphatic hydroxyl groups is 1. The van der Waals surface area contributed by atoms with Crippen molar-refractivity contribution in [3.05, 3.63) is 78.1 Å². The molecule has 0 aliphatic carbocycles. The number of rotatable bonds is 7. The number of nitrogens with zero attached hydrogens (tertiary/aromatic N) is 2. The van der Waals surface area contributed by atoms with E-state index in [4.69, 9.17) is 9.47 Å². The average Bonchev–Trinajstić information content (AvgIpc) is 3.06. The molecule has 2 aromatic carbocycles. The fourth-order valence-corrected chi connectivity index (χ4v) is 3.81. The Morgan fingerprint density at radius 3 is 2.47 bits per heavy atom. The number of ether oxygens (including phenoxy) is 2. The Balaban J connectivity index is 1.93. The number of methoxy groups -OCH3 is 1. The number of fused-ring (bicyclic) bond motifs is 1. The van der Waals surface area contributed by atoms with E-state index >= 15 is 0 Å². The first-order valence-corrected chi connectivity index (χ1v) is 10.1. The molecule has 0 saturated carbocycles. The van der Waals surface area contributed by atoms with Crippen molar-refractivity contribution >= 4 is 10.9 Å². The second kappa shape index (κ2) is 8.59. The Morgan fingerprint density at radius 2 is 1.83 bits per heavy atom. The van der Waals surface area contributed by atoms with E-state index in [1.54, 1.807) is 13.3 Å². The summed E-state index contributed by atoms with van der Waals surface area (Å²) in [6.45, 7) is 4.60. The summed E-state index contributed by atoms with van der Waals surface area (Å²) in [6, 6.07) is 20.2. The van der Waals surface area contributed by atoms with Crippen LogP contribution in [0.1, 0.15) is 25.1 Å². The number of aliphatic hydroxyl groups excluding tert-OH is 1. The van der Waals surface area contributed by atoms with E-state index in [1.165, 1.54) is 5.56 Å². The van der Waals surface area contributed by atoms with Crippen LogP contribution in [-0.4, -0.2) is 27.9 Å². The van der Waals surface area contributed by atoms with E-state index in [1.807, 2.05) is 50.2 Å². The standard InChI is InChI=1S/C25H26N2O3/c1-17(2)30-20-10-11-21-22(13-20)27(15-18-7-5-4-6-8-18)23(16-28)25(21)19-9-12-24(29-3)26-14-19/h4-14,17,28H,15-16H2,1-3H3. The lowest BCUT2D eigenvalue weighted by atomic mass is 10.0. The molecule has 0 radical (unpaired) electrons. The van der Waals surface area contributed by atoms with Crippen LogP contribution in [0.4, 0.5) is 0 Å². The van der Waals surface area contributed by atoms with Crippen LogP contribution in [0.15, 0.2) is 66.9 Å². The molecule has 5 heteroatoms. The Bertz CT molecular complexity index is 1130. The van der Waals surface area contributed by atoms with Gasteiger partial charge in [0, 0.05) is 41.4 Å². The van der Waals surface area contributed by atoms with Crippen molar-refractivity contribution in [3.8, 4) is 22.8 Å². The molecular weight excluding hydrogens is 376 g/mol. The van der Waals surface area contributed by atoms with E-state index in [0.717, 1.165) is 33.5 Å². The van der Waals surface area contributed by atoms with E-state index in [0.29, 0.717) is 12.4 Å². The predicted octanol–water partition coefficient (Wildman–Crippen LogP) is 5.04. The highest BCUT2D eigenvalue weighted by Gasteiger charge is 2.19. The molecule has 0 fully saturated rings. The minimum atomic E-state index is -0.0801. The van der Waals surface area contributed by atoms with E-state index < -0.39 is 0 Å². The Morgan fingerprint density at radius 1 is 1.03 bits per heavy atom. The van der Waals surface area contributed by atoms with Gasteiger partial charge in [0.1, 0.15) is 5.75 Å². The average molecular weight is 402 g/mol. The highest BCUT2D eigenvalue weighted by atomic mass is 16.5. The van der Waals surface area contributed by atoms with Crippen LogP contribution in [0.25, 0.3) is 22.0 Å². The van der Waals surface area contributed by atoms with Gasteiger partial charge in [-0.25, -0.2) is 4.98 Å². The zero-order chi connectivity index (χ0) is 21.1. The van der Waals surface area contributed by atoms with Gasteiger partial charge in [-0.2, -0.15) is 0 Å². The molecule has 0 saturated heterocycles. The molecule has 2 heterocycles. The summed E-state index contributed by atoms with van der Waals surface area (Å²) in [5, 5.41) is 11.4. The molecule has 0 aliphatic heterocycles. The third-order valence-corrected chi connectivity index (χ3v) is 5.08. The fourth-order valence-electron chi connectivity index (χ4n) is 3.81. The van der Waals surface area contributed by atoms with Gasteiger partial charge in [-0.15, -0.1) is 0 Å². The summed E-state index contributed by atoms with van der Waals surface area (Å²) in [4.78, 5) is 4.37. The molecular formula is C25H26N2O3. The predicted molar refractivity (Wildman–Crippen MR) is 119 cm³/mol. The quantitative estimate of drug-likeness (QED) is 0.471. The number of hydrogen-bond donors (Lipinski definition) is 1. The van der Waals surface area contributed by atoms with Crippen LogP contribution in [0.5, 0.6) is 11.6 Å². The molecule has 4 aromatic rings. The highest BCUT2D eigenvalue weighted by molar-refractivity contribution is 5.98. The summed E-state index contributed by atoms with van der Waals surface area (Å²) >= 11 is 0. The normalized spacial score (nSPS) is 11.2. The smallest absolute Gasteiger partial charge is 0.212 e. The fraction of sp³-hybridized carbons (Fsp3) is 0.240. The van der Waals surface area contributed by atoms with Gasteiger partial charge in [-0.1, -0.05) is 30.3 Å². The highest BCUT2D eigenvalue weighted by Crippen LogP contribution is 2.37. The van der Waals surface area contributed by atoms with Gasteiger partial charge in [-0.3, -0.25) is 0 Å². The maximum Gasteiger partial charge on any atom is 0.212 e. The maximum absolute atomic E-state index is 10.4. The number of pyridine rings is 1. The van der Waals surface area contributed by atoms with Crippen molar-refractivity contribution in [1.29, 1.82) is 0 Å². The summed E-state index contributed by atoms with van der Waals surface area (Å²) in [6.07, 6.45) is 1.88. The first kappa shape index (κ1) is 20.0. The summed E-state index contributed by atoms with van der Waals surface area (Å²) in [7, 11) is 1.60. The van der Waals surface area contributed by atoms with Crippen LogP contribution >= 0.6 is 0 Å². The van der Waals surface area contributed by atoms with Gasteiger partial charge in [0.05, 0.1) is 31.0 Å². The Labute approximate surface area is 176 Å². The van der Waals surface area contributed by atoms with Crippen LogP contribution in [0.2, 0.25) is 0 Å². The second-order valence-electron chi connectivity index (χ2n) is 7.49. The minimum Gasteiger partial charge on any atom is -0.491 e. The zero-order valence-corrected chi connectivity index (χ0v) is 17.5. The summed E-state index contributed by atoms with van der Waals surface area (Å²) < 4.78 is 13.3. The number of benzene rings is 2. The molecule has 2 aromatic heterocycles. The van der Waals surface area contributed by atoms with Crippen molar-refractivity contribution in [1.82, 2.24) is 9.55 Å². The van der Waals surface area contributed by atoms with Crippen molar-refractivity contribution < 1.29 is 14.6 Å². The van der Waals surface area contributed by atoms with Gasteiger partial charge >= 0.3 is 0 Å². The van der Waals surface area contributed by atoms with Gasteiger partial charge in [0.15, 0.2) is 0 Å². The molecule has 0 bridgehead atoms. The molecule has 0 aliphatic rings. The number of aromatic nitrogens is 2. The van der Waals surface area contributed by atoms with E-state index in [9.17, 15) is 5.11 Å². The van der Waals surface area contributed by atoms with E-state index in [-0.39, 0.29) is 12.7 Å². The molecule has 5 nitrogen and oxygen atoms in total. The van der Waals surface area contributed by atoms with Crippen LogP contribution in [0.3, 0.4) is 0 Å². The summed E-state index contributed by atoms with van der Waals surface area (Å²) in [5.74, 6) is 1.37. The minimum absolute atomic E-state index is 0.0801. The molecule has 0 amide bonds. The molecule has 0 unspecified atom stereocenters. The van der Waals surface area contributed by atoms with Crippen LogP contribution in [0, 0.1) is 0 Å². The third kappa shape index (κ3) is 3.89. The van der Waals surface area contributed by atoms with Crippen molar-refractivity contribution in [3.63, 3.8) is 0 Å². The van der Waals surface area contributed by atoms with E-state index in [2.05, 4.69) is 33.8 Å². The topological polar surface area (TPSA) is 56.5 Å². The zero-order valence-electron chi connectivity index (χ0n) is 17.5. The monoisotopic (exact) mass is 402 g/mol. The first-order chi connectivity index (χ1) is 14.6. The first-order valence-electron chi connectivity index (χ1n) is 10.1. The second-order valence-corrected chi connectivity index (χ2v) is 7.49. The lowest BCUT2D eigenvalue weighted by molar-refractivity contribution is 0.242. The molecule has 1 N–H and O–H groups in total. The van der Waals surface area contributed by atoms with Gasteiger partial charge < -0.3 is 19.1 Å². The van der Waals surface area contributed by atoms with Crippen molar-refractivity contribution in [2.45, 2.75) is 33.1 Å². The third-order valence-electron chi connectivity index (χ3n) is 5.08. The lowest BCUT2D eigenvalue weighted by Crippen LogP contribution is -2.07. The number of hydrogen-bond acceptors (Lipinski definition) is 4. The molecule has 0 atom stereocenters. The van der Waals surface area contributed by atoms with Crippen LogP contribution < -0.4 is 9.47 Å². The van der Waals surface area contributed by atoms with Crippen molar-refractivity contribution in [2.24, 2.45) is 0 Å². The Kier molecular flexibility index (Phi) is 5.72. The SMILES string of the molecule is COc1ccc(-c2c(CO)n(Cc3ccccc3)c3cc(OC(C)C)ccc23)cn1. The lowest BCUT2D eigenvalue weighted by Gasteiger charge is -2.12. The van der Waals surface area contributed by atoms with Crippen molar-refractivity contribution in [2.75, 3.05) is 7.11 Å². The summed E-state index contributed by atoms with van der Waals surface area (Å²) in [5.41, 5.74) is 4.96. The molecule has 154 valence electrons. The molecule has 0 spiro atoms. The molecule has 4 rings (SSSR count). The maximum atomic E-state index is 10.4. The largest absolute Gasteiger partial charge is 0.491 e.